The molecule has 0 radical (unpaired) electrons. The Bertz CT molecular complexity index is 498. The lowest BCUT2D eigenvalue weighted by Gasteiger charge is -2.07. The average molecular weight is 233 g/mol. The van der Waals surface area contributed by atoms with Gasteiger partial charge in [0, 0.05) is 23.9 Å². The molecule has 2 heterocycles. The van der Waals surface area contributed by atoms with Crippen LogP contribution in [0.4, 0.5) is 0 Å². The van der Waals surface area contributed by atoms with Gasteiger partial charge >= 0.3 is 0 Å². The second-order valence-electron chi connectivity index (χ2n) is 4.38. The van der Waals surface area contributed by atoms with Crippen molar-refractivity contribution in [1.29, 1.82) is 0 Å². The van der Waals surface area contributed by atoms with Gasteiger partial charge in [0.2, 0.25) is 0 Å². The van der Waals surface area contributed by atoms with Gasteiger partial charge in [0.1, 0.15) is 11.5 Å². The number of hydrogen-bond acceptors (Lipinski definition) is 3. The predicted molar refractivity (Wildman–Crippen MR) is 66.7 cm³/mol. The highest BCUT2D eigenvalue weighted by Gasteiger charge is 2.16. The van der Waals surface area contributed by atoms with Crippen LogP contribution in [0.1, 0.15) is 42.0 Å². The Morgan fingerprint density at radius 2 is 2.24 bits per heavy atom. The molecule has 4 nitrogen and oxygen atoms in total. The molecule has 17 heavy (non-hydrogen) atoms. The molecule has 0 bridgehead atoms. The van der Waals surface area contributed by atoms with Crippen LogP contribution in [0.2, 0.25) is 0 Å². The molecule has 0 fully saturated rings. The summed E-state index contributed by atoms with van der Waals surface area (Å²) in [7, 11) is 0. The Labute approximate surface area is 101 Å². The standard InChI is InChI=1S/C13H19N3O/c1-4-5-16-8-11(7-15-16)13(14)12-6-9(2)17-10(12)3/h6-8,13H,4-5,14H2,1-3H3. The van der Waals surface area contributed by atoms with Crippen LogP contribution in [-0.2, 0) is 6.54 Å². The lowest BCUT2D eigenvalue weighted by atomic mass is 10.0. The SMILES string of the molecule is CCCn1cc(C(N)c2cc(C)oc2C)cn1. The fraction of sp³-hybridized carbons (Fsp3) is 0.462. The monoisotopic (exact) mass is 233 g/mol. The number of furan rings is 1. The number of nitrogens with two attached hydrogens (primary N) is 1. The summed E-state index contributed by atoms with van der Waals surface area (Å²) in [5.74, 6) is 1.78. The number of hydrogen-bond donors (Lipinski definition) is 1. The van der Waals surface area contributed by atoms with Crippen LogP contribution in [0.25, 0.3) is 0 Å². The Kier molecular flexibility index (Phi) is 3.33. The maximum absolute atomic E-state index is 6.23. The Hall–Kier alpha value is -1.55. The topological polar surface area (TPSA) is 57.0 Å². The summed E-state index contributed by atoms with van der Waals surface area (Å²) in [5.41, 5.74) is 8.30. The molecule has 0 aliphatic heterocycles. The largest absolute Gasteiger partial charge is 0.466 e. The zero-order valence-corrected chi connectivity index (χ0v) is 10.6. The molecular weight excluding hydrogens is 214 g/mol. The minimum Gasteiger partial charge on any atom is -0.466 e. The second-order valence-corrected chi connectivity index (χ2v) is 4.38. The first kappa shape index (κ1) is 11.9. The molecule has 0 aromatic carbocycles. The second kappa shape index (κ2) is 4.75. The van der Waals surface area contributed by atoms with E-state index in [1.165, 1.54) is 0 Å². The van der Waals surface area contributed by atoms with E-state index in [2.05, 4.69) is 12.0 Å². The summed E-state index contributed by atoms with van der Waals surface area (Å²) >= 11 is 0. The molecule has 1 unspecified atom stereocenters. The van der Waals surface area contributed by atoms with E-state index < -0.39 is 0 Å². The van der Waals surface area contributed by atoms with Gasteiger partial charge in [-0.2, -0.15) is 5.10 Å². The van der Waals surface area contributed by atoms with Crippen LogP contribution in [0.15, 0.2) is 22.9 Å². The Morgan fingerprint density at radius 1 is 1.47 bits per heavy atom. The minimum absolute atomic E-state index is 0.155. The van der Waals surface area contributed by atoms with E-state index in [0.29, 0.717) is 0 Å². The number of aromatic nitrogens is 2. The fourth-order valence-corrected chi connectivity index (χ4v) is 2.03. The first-order chi connectivity index (χ1) is 8.11. The predicted octanol–water partition coefficient (Wildman–Crippen LogP) is 2.55. The van der Waals surface area contributed by atoms with Crippen molar-refractivity contribution in [3.05, 3.63) is 41.1 Å². The molecule has 4 heteroatoms. The molecule has 92 valence electrons. The summed E-state index contributed by atoms with van der Waals surface area (Å²) < 4.78 is 7.43. The zero-order chi connectivity index (χ0) is 12.4. The van der Waals surface area contributed by atoms with Crippen molar-refractivity contribution in [3.8, 4) is 0 Å². The third-order valence-corrected chi connectivity index (χ3v) is 2.88. The van der Waals surface area contributed by atoms with E-state index in [1.54, 1.807) is 0 Å². The minimum atomic E-state index is -0.155. The number of aryl methyl sites for hydroxylation is 3. The summed E-state index contributed by atoms with van der Waals surface area (Å²) in [6, 6.07) is 1.84. The molecule has 1 atom stereocenters. The lowest BCUT2D eigenvalue weighted by Crippen LogP contribution is -2.11. The van der Waals surface area contributed by atoms with Gasteiger partial charge in [0.25, 0.3) is 0 Å². The quantitative estimate of drug-likeness (QED) is 0.883. The van der Waals surface area contributed by atoms with Crippen molar-refractivity contribution in [2.45, 2.75) is 39.8 Å². The summed E-state index contributed by atoms with van der Waals surface area (Å²) in [6.45, 7) is 6.93. The third kappa shape index (κ3) is 2.42. The molecule has 0 saturated heterocycles. The van der Waals surface area contributed by atoms with Gasteiger partial charge < -0.3 is 10.2 Å². The van der Waals surface area contributed by atoms with E-state index in [4.69, 9.17) is 10.2 Å². The van der Waals surface area contributed by atoms with Gasteiger partial charge in [-0.25, -0.2) is 0 Å². The summed E-state index contributed by atoms with van der Waals surface area (Å²) in [6.07, 6.45) is 4.91. The fourth-order valence-electron chi connectivity index (χ4n) is 2.03. The van der Waals surface area contributed by atoms with Crippen LogP contribution >= 0.6 is 0 Å². The van der Waals surface area contributed by atoms with Crippen molar-refractivity contribution in [3.63, 3.8) is 0 Å². The number of rotatable bonds is 4. The van der Waals surface area contributed by atoms with Crippen LogP contribution < -0.4 is 5.73 Å². The normalized spacial score (nSPS) is 12.9. The number of nitrogens with zero attached hydrogens (tertiary/aromatic N) is 2. The summed E-state index contributed by atoms with van der Waals surface area (Å²) in [5, 5.41) is 4.30. The van der Waals surface area contributed by atoms with Gasteiger partial charge in [-0.1, -0.05) is 6.92 Å². The highest BCUT2D eigenvalue weighted by Crippen LogP contribution is 2.25. The van der Waals surface area contributed by atoms with E-state index in [-0.39, 0.29) is 6.04 Å². The van der Waals surface area contributed by atoms with Gasteiger partial charge in [-0.3, -0.25) is 4.68 Å². The van der Waals surface area contributed by atoms with Crippen molar-refractivity contribution < 1.29 is 4.42 Å². The van der Waals surface area contributed by atoms with Crippen LogP contribution in [0.5, 0.6) is 0 Å². The molecule has 2 aromatic rings. The van der Waals surface area contributed by atoms with Gasteiger partial charge in [0.05, 0.1) is 12.2 Å². The van der Waals surface area contributed by atoms with E-state index >= 15 is 0 Å². The third-order valence-electron chi connectivity index (χ3n) is 2.88. The Morgan fingerprint density at radius 3 is 2.82 bits per heavy atom. The average Bonchev–Trinajstić information content (AvgIpc) is 2.85. The Balaban J connectivity index is 2.24. The molecule has 0 spiro atoms. The smallest absolute Gasteiger partial charge is 0.106 e. The molecule has 0 aliphatic rings. The highest BCUT2D eigenvalue weighted by molar-refractivity contribution is 5.31. The summed E-state index contributed by atoms with van der Waals surface area (Å²) in [4.78, 5) is 0. The van der Waals surface area contributed by atoms with Crippen molar-refractivity contribution in [2.75, 3.05) is 0 Å². The molecule has 2 N–H and O–H groups in total. The zero-order valence-electron chi connectivity index (χ0n) is 10.6. The maximum Gasteiger partial charge on any atom is 0.106 e. The molecule has 0 aliphatic carbocycles. The molecule has 2 aromatic heterocycles. The first-order valence-corrected chi connectivity index (χ1v) is 5.96. The van der Waals surface area contributed by atoms with Crippen LogP contribution in [0, 0.1) is 13.8 Å². The lowest BCUT2D eigenvalue weighted by molar-refractivity contribution is 0.499. The van der Waals surface area contributed by atoms with E-state index in [0.717, 1.165) is 35.6 Å². The van der Waals surface area contributed by atoms with Crippen molar-refractivity contribution in [2.24, 2.45) is 5.73 Å². The molecule has 2 rings (SSSR count). The van der Waals surface area contributed by atoms with Crippen LogP contribution in [-0.4, -0.2) is 9.78 Å². The van der Waals surface area contributed by atoms with E-state index in [9.17, 15) is 0 Å². The van der Waals surface area contributed by atoms with E-state index in [1.807, 2.05) is 37.0 Å². The van der Waals surface area contributed by atoms with Crippen molar-refractivity contribution in [1.82, 2.24) is 9.78 Å². The van der Waals surface area contributed by atoms with Crippen molar-refractivity contribution >= 4 is 0 Å². The first-order valence-electron chi connectivity index (χ1n) is 5.96. The molecule has 0 amide bonds. The van der Waals surface area contributed by atoms with Crippen LogP contribution in [0.3, 0.4) is 0 Å². The maximum atomic E-state index is 6.23. The molecular formula is C13H19N3O. The van der Waals surface area contributed by atoms with Gasteiger partial charge in [-0.05, 0) is 26.3 Å². The molecule has 0 saturated carbocycles. The highest BCUT2D eigenvalue weighted by atomic mass is 16.3. The van der Waals surface area contributed by atoms with Gasteiger partial charge in [0.15, 0.2) is 0 Å². The van der Waals surface area contributed by atoms with Gasteiger partial charge in [-0.15, -0.1) is 0 Å².